The summed E-state index contributed by atoms with van der Waals surface area (Å²) in [6.07, 6.45) is -5.13. The molecule has 0 amide bonds. The first-order valence-electron chi connectivity index (χ1n) is 5.14. The van der Waals surface area contributed by atoms with Crippen molar-refractivity contribution in [2.45, 2.75) is 19.7 Å². The minimum absolute atomic E-state index is 0.209. The topological polar surface area (TPSA) is 57.7 Å². The Balaban J connectivity index is 3.20. The van der Waals surface area contributed by atoms with Crippen molar-refractivity contribution < 1.29 is 32.2 Å². The van der Waals surface area contributed by atoms with Crippen LogP contribution in [0.4, 0.5) is 13.2 Å². The molecule has 1 aromatic rings. The maximum Gasteiger partial charge on any atom is 0.574 e. The minimum atomic E-state index is -4.89. The van der Waals surface area contributed by atoms with Crippen LogP contribution < -0.4 is 9.47 Å². The second kappa shape index (κ2) is 5.77. The summed E-state index contributed by atoms with van der Waals surface area (Å²) in [4.78, 5) is 14.8. The number of aryl methyl sites for hydroxylation is 1. The number of methoxy groups -OCH3 is 2. The maximum absolute atomic E-state index is 12.2. The largest absolute Gasteiger partial charge is 0.574 e. The highest BCUT2D eigenvalue weighted by molar-refractivity contribution is 5.73. The van der Waals surface area contributed by atoms with Crippen LogP contribution in [0.25, 0.3) is 0 Å². The van der Waals surface area contributed by atoms with Crippen LogP contribution in [0.15, 0.2) is 6.07 Å². The minimum Gasteiger partial charge on any atom is -0.491 e. The van der Waals surface area contributed by atoms with E-state index in [9.17, 15) is 18.0 Å². The average molecular weight is 279 g/mol. The number of ether oxygens (including phenoxy) is 3. The van der Waals surface area contributed by atoms with Gasteiger partial charge in [-0.3, -0.25) is 4.79 Å². The molecule has 1 rings (SSSR count). The SMILES string of the molecule is COC(=O)Cc1cc(C)nc(OC(F)(F)F)c1OC. The van der Waals surface area contributed by atoms with Crippen LogP contribution in [0, 0.1) is 6.92 Å². The molecule has 0 bridgehead atoms. The number of nitrogens with zero attached hydrogens (tertiary/aromatic N) is 1. The molecule has 0 aromatic carbocycles. The van der Waals surface area contributed by atoms with E-state index in [1.54, 1.807) is 0 Å². The van der Waals surface area contributed by atoms with Crippen LogP contribution in [0.2, 0.25) is 0 Å². The summed E-state index contributed by atoms with van der Waals surface area (Å²) in [5, 5.41) is 0. The van der Waals surface area contributed by atoms with E-state index in [4.69, 9.17) is 4.74 Å². The Morgan fingerprint density at radius 1 is 1.37 bits per heavy atom. The lowest BCUT2D eigenvalue weighted by Crippen LogP contribution is -2.19. The van der Waals surface area contributed by atoms with E-state index >= 15 is 0 Å². The molecule has 0 saturated heterocycles. The lowest BCUT2D eigenvalue weighted by atomic mass is 10.1. The zero-order valence-corrected chi connectivity index (χ0v) is 10.5. The van der Waals surface area contributed by atoms with Crippen molar-refractivity contribution in [3.05, 3.63) is 17.3 Å². The van der Waals surface area contributed by atoms with Gasteiger partial charge in [0.1, 0.15) is 0 Å². The Morgan fingerprint density at radius 3 is 2.47 bits per heavy atom. The van der Waals surface area contributed by atoms with E-state index in [2.05, 4.69) is 14.5 Å². The van der Waals surface area contributed by atoms with Crippen molar-refractivity contribution in [2.75, 3.05) is 14.2 Å². The number of pyridine rings is 1. The third-order valence-corrected chi connectivity index (χ3v) is 2.13. The van der Waals surface area contributed by atoms with Crippen LogP contribution in [-0.4, -0.2) is 31.5 Å². The van der Waals surface area contributed by atoms with Gasteiger partial charge in [0, 0.05) is 11.3 Å². The van der Waals surface area contributed by atoms with Gasteiger partial charge in [0.05, 0.1) is 20.6 Å². The molecule has 0 N–H and O–H groups in total. The van der Waals surface area contributed by atoms with Gasteiger partial charge >= 0.3 is 12.3 Å². The molecule has 0 atom stereocenters. The highest BCUT2D eigenvalue weighted by atomic mass is 19.4. The monoisotopic (exact) mass is 279 g/mol. The number of carbonyl (C=O) groups is 1. The van der Waals surface area contributed by atoms with Crippen molar-refractivity contribution in [3.63, 3.8) is 0 Å². The van der Waals surface area contributed by atoms with Crippen LogP contribution in [0.3, 0.4) is 0 Å². The molecule has 0 fully saturated rings. The van der Waals surface area contributed by atoms with Gasteiger partial charge in [-0.15, -0.1) is 13.2 Å². The Bertz CT molecular complexity index is 474. The molecule has 0 saturated carbocycles. The molecular formula is C11H12F3NO4. The van der Waals surface area contributed by atoms with E-state index < -0.39 is 18.2 Å². The van der Waals surface area contributed by atoms with Crippen LogP contribution >= 0.6 is 0 Å². The quantitative estimate of drug-likeness (QED) is 0.789. The maximum atomic E-state index is 12.2. The standard InChI is InChI=1S/C11H12F3NO4/c1-6-4-7(5-8(16)17-2)9(18-3)10(15-6)19-11(12,13)14/h4H,5H2,1-3H3. The number of aromatic nitrogens is 1. The number of alkyl halides is 3. The highest BCUT2D eigenvalue weighted by Crippen LogP contribution is 2.34. The van der Waals surface area contributed by atoms with Gasteiger partial charge in [0.2, 0.25) is 0 Å². The van der Waals surface area contributed by atoms with Gasteiger partial charge in [-0.2, -0.15) is 0 Å². The number of hydrogen-bond donors (Lipinski definition) is 0. The summed E-state index contributed by atoms with van der Waals surface area (Å²) in [6, 6.07) is 1.43. The number of hydrogen-bond acceptors (Lipinski definition) is 5. The Hall–Kier alpha value is -1.99. The molecular weight excluding hydrogens is 267 g/mol. The highest BCUT2D eigenvalue weighted by Gasteiger charge is 2.34. The Labute approximate surface area is 107 Å². The summed E-state index contributed by atoms with van der Waals surface area (Å²) in [7, 11) is 2.34. The van der Waals surface area contributed by atoms with E-state index in [0.717, 1.165) is 7.11 Å². The fraction of sp³-hybridized carbons (Fsp3) is 0.455. The Kier molecular flexibility index (Phi) is 4.57. The first-order valence-corrected chi connectivity index (χ1v) is 5.14. The first-order chi connectivity index (χ1) is 8.76. The molecule has 19 heavy (non-hydrogen) atoms. The van der Waals surface area contributed by atoms with Crippen LogP contribution in [-0.2, 0) is 16.0 Å². The van der Waals surface area contributed by atoms with Crippen molar-refractivity contribution >= 4 is 5.97 Å². The molecule has 8 heteroatoms. The van der Waals surface area contributed by atoms with Gasteiger partial charge in [-0.1, -0.05) is 0 Å². The summed E-state index contributed by atoms with van der Waals surface area (Å²) < 4.78 is 49.8. The van der Waals surface area contributed by atoms with Gasteiger partial charge < -0.3 is 14.2 Å². The normalized spacial score (nSPS) is 11.1. The second-order valence-electron chi connectivity index (χ2n) is 3.56. The molecule has 5 nitrogen and oxygen atoms in total. The van der Waals surface area contributed by atoms with Crippen LogP contribution in [0.5, 0.6) is 11.6 Å². The van der Waals surface area contributed by atoms with E-state index in [1.807, 2.05) is 0 Å². The average Bonchev–Trinajstić information content (AvgIpc) is 2.26. The van der Waals surface area contributed by atoms with Crippen molar-refractivity contribution in [1.29, 1.82) is 0 Å². The number of esters is 1. The summed E-state index contributed by atoms with van der Waals surface area (Å²) >= 11 is 0. The molecule has 0 spiro atoms. The smallest absolute Gasteiger partial charge is 0.491 e. The zero-order valence-electron chi connectivity index (χ0n) is 10.5. The molecule has 1 aromatic heterocycles. The van der Waals surface area contributed by atoms with Gasteiger partial charge in [0.25, 0.3) is 5.88 Å². The summed E-state index contributed by atoms with van der Waals surface area (Å²) in [5.41, 5.74) is 0.472. The summed E-state index contributed by atoms with van der Waals surface area (Å²) in [5.74, 6) is -1.58. The third kappa shape index (κ3) is 4.31. The first kappa shape index (κ1) is 15.1. The van der Waals surface area contributed by atoms with Crippen molar-refractivity contribution in [3.8, 4) is 11.6 Å². The predicted octanol–water partition coefficient (Wildman–Crippen LogP) is 2.01. The molecule has 0 radical (unpaired) electrons. The van der Waals surface area contributed by atoms with Gasteiger partial charge in [-0.25, -0.2) is 4.98 Å². The lowest BCUT2D eigenvalue weighted by Gasteiger charge is -2.15. The molecule has 0 aliphatic rings. The molecule has 0 aliphatic heterocycles. The second-order valence-corrected chi connectivity index (χ2v) is 3.56. The predicted molar refractivity (Wildman–Crippen MR) is 57.9 cm³/mol. The van der Waals surface area contributed by atoms with Gasteiger partial charge in [0.15, 0.2) is 5.75 Å². The van der Waals surface area contributed by atoms with Gasteiger partial charge in [-0.05, 0) is 13.0 Å². The zero-order chi connectivity index (χ0) is 14.6. The fourth-order valence-corrected chi connectivity index (χ4v) is 1.45. The number of carbonyl (C=O) groups excluding carboxylic acids is 1. The van der Waals surface area contributed by atoms with E-state index in [-0.39, 0.29) is 23.4 Å². The molecule has 0 unspecified atom stereocenters. The van der Waals surface area contributed by atoms with E-state index in [0.29, 0.717) is 0 Å². The number of rotatable bonds is 4. The molecule has 1 heterocycles. The van der Waals surface area contributed by atoms with Crippen molar-refractivity contribution in [2.24, 2.45) is 0 Å². The van der Waals surface area contributed by atoms with E-state index in [1.165, 1.54) is 20.1 Å². The third-order valence-electron chi connectivity index (χ3n) is 2.13. The van der Waals surface area contributed by atoms with Crippen LogP contribution in [0.1, 0.15) is 11.3 Å². The lowest BCUT2D eigenvalue weighted by molar-refractivity contribution is -0.276. The summed E-state index contributed by atoms with van der Waals surface area (Å²) in [6.45, 7) is 1.48. The Morgan fingerprint density at radius 2 is 2.00 bits per heavy atom. The number of halogens is 3. The van der Waals surface area contributed by atoms with Crippen molar-refractivity contribution in [1.82, 2.24) is 4.98 Å². The molecule has 106 valence electrons. The molecule has 0 aliphatic carbocycles. The fourth-order valence-electron chi connectivity index (χ4n) is 1.45.